The lowest BCUT2D eigenvalue weighted by Crippen LogP contribution is -2.64. The van der Waals surface area contributed by atoms with Gasteiger partial charge in [0.05, 0.1) is 24.4 Å². The lowest BCUT2D eigenvalue weighted by Gasteiger charge is -2.52. The van der Waals surface area contributed by atoms with Gasteiger partial charge in [-0.25, -0.2) is 0 Å². The Hall–Kier alpha value is -0.0800. The summed E-state index contributed by atoms with van der Waals surface area (Å²) in [6.45, 7) is 7.67. The second-order valence-electron chi connectivity index (χ2n) is 7.90. The second-order valence-corrected chi connectivity index (χ2v) is 7.90. The Bertz CT molecular complexity index is 444. The van der Waals surface area contributed by atoms with E-state index in [2.05, 4.69) is 36.4 Å². The largest absolute Gasteiger partial charge is 0.378 e. The summed E-state index contributed by atoms with van der Waals surface area (Å²) < 4.78 is 12.0. The number of nitrogens with zero attached hydrogens (tertiary/aromatic N) is 1. The van der Waals surface area contributed by atoms with E-state index in [1.807, 2.05) is 7.05 Å². The van der Waals surface area contributed by atoms with Crippen molar-refractivity contribution in [2.24, 2.45) is 10.4 Å². The molecule has 3 aliphatic rings. The Labute approximate surface area is 163 Å². The SMILES string of the molecule is CCCCOC1CC(NC(=NC)NC2CC3CCC2O3)C1(C)C.I. The van der Waals surface area contributed by atoms with Crippen LogP contribution < -0.4 is 10.6 Å². The summed E-state index contributed by atoms with van der Waals surface area (Å²) in [5.74, 6) is 0.913. The topological polar surface area (TPSA) is 54.9 Å². The molecule has 0 amide bonds. The van der Waals surface area contributed by atoms with Gasteiger partial charge < -0.3 is 20.1 Å². The van der Waals surface area contributed by atoms with Crippen LogP contribution in [0.1, 0.15) is 59.3 Å². The molecule has 0 aromatic heterocycles. The molecule has 1 saturated carbocycles. The van der Waals surface area contributed by atoms with Gasteiger partial charge in [0.1, 0.15) is 0 Å². The van der Waals surface area contributed by atoms with Gasteiger partial charge in [0.25, 0.3) is 0 Å². The van der Waals surface area contributed by atoms with Gasteiger partial charge in [-0.05, 0) is 32.1 Å². The van der Waals surface area contributed by atoms with Crippen LogP contribution in [0.5, 0.6) is 0 Å². The summed E-state index contributed by atoms with van der Waals surface area (Å²) in [5, 5.41) is 7.18. The zero-order valence-electron chi connectivity index (χ0n) is 15.5. The molecule has 2 bridgehead atoms. The van der Waals surface area contributed by atoms with Crippen LogP contribution in [0, 0.1) is 5.41 Å². The average molecular weight is 451 g/mol. The summed E-state index contributed by atoms with van der Waals surface area (Å²) in [5.41, 5.74) is 0.149. The zero-order valence-corrected chi connectivity index (χ0v) is 17.8. The van der Waals surface area contributed by atoms with Crippen molar-refractivity contribution in [3.05, 3.63) is 0 Å². The number of unbranched alkanes of at least 4 members (excludes halogenated alkanes) is 1. The van der Waals surface area contributed by atoms with Gasteiger partial charge in [-0.3, -0.25) is 4.99 Å². The molecule has 2 N–H and O–H groups in total. The summed E-state index contributed by atoms with van der Waals surface area (Å²) in [6.07, 6.45) is 8.12. The first-order valence-corrected chi connectivity index (χ1v) is 9.31. The molecule has 0 aromatic rings. The Kier molecular flexibility index (Phi) is 7.20. The minimum absolute atomic E-state index is 0. The van der Waals surface area contributed by atoms with Crippen molar-refractivity contribution in [2.45, 2.75) is 89.7 Å². The third kappa shape index (κ3) is 4.18. The fraction of sp³-hybridized carbons (Fsp3) is 0.944. The first-order valence-electron chi connectivity index (χ1n) is 9.31. The summed E-state index contributed by atoms with van der Waals surface area (Å²) >= 11 is 0. The highest BCUT2D eigenvalue weighted by molar-refractivity contribution is 14.0. The van der Waals surface area contributed by atoms with Crippen LogP contribution in [0.3, 0.4) is 0 Å². The van der Waals surface area contributed by atoms with E-state index in [0.717, 1.165) is 31.8 Å². The highest BCUT2D eigenvalue weighted by Gasteiger charge is 2.49. The predicted octanol–water partition coefficient (Wildman–Crippen LogP) is 3.07. The summed E-state index contributed by atoms with van der Waals surface area (Å²) in [6, 6.07) is 0.833. The Morgan fingerprint density at radius 2 is 2.04 bits per heavy atom. The van der Waals surface area contributed by atoms with E-state index >= 15 is 0 Å². The van der Waals surface area contributed by atoms with E-state index in [-0.39, 0.29) is 29.4 Å². The monoisotopic (exact) mass is 451 g/mol. The Balaban J connectivity index is 0.00000208. The number of hydrogen-bond donors (Lipinski definition) is 2. The Morgan fingerprint density at radius 1 is 1.25 bits per heavy atom. The molecule has 6 heteroatoms. The van der Waals surface area contributed by atoms with Crippen molar-refractivity contribution in [3.63, 3.8) is 0 Å². The standard InChI is InChI=1S/C18H33N3O2.HI/c1-5-6-9-22-16-11-15(18(16,2)3)21-17(19-4)20-13-10-12-7-8-14(13)23-12;/h12-16H,5-11H2,1-4H3,(H2,19,20,21);1H. The zero-order chi connectivity index (χ0) is 16.4. The molecule has 2 heterocycles. The van der Waals surface area contributed by atoms with Gasteiger partial charge in [-0.1, -0.05) is 27.2 Å². The molecule has 0 radical (unpaired) electrons. The van der Waals surface area contributed by atoms with E-state index < -0.39 is 0 Å². The van der Waals surface area contributed by atoms with Gasteiger partial charge in [0.15, 0.2) is 5.96 Å². The van der Waals surface area contributed by atoms with Gasteiger partial charge in [0.2, 0.25) is 0 Å². The van der Waals surface area contributed by atoms with E-state index in [1.54, 1.807) is 0 Å². The highest BCUT2D eigenvalue weighted by Crippen LogP contribution is 2.43. The van der Waals surface area contributed by atoms with Crippen molar-refractivity contribution < 1.29 is 9.47 Å². The second kappa shape index (κ2) is 8.54. The molecular weight excluding hydrogens is 417 g/mol. The number of fused-ring (bicyclic) bond motifs is 2. The van der Waals surface area contributed by atoms with Crippen LogP contribution >= 0.6 is 24.0 Å². The quantitative estimate of drug-likeness (QED) is 0.282. The van der Waals surface area contributed by atoms with Crippen LogP contribution in [-0.2, 0) is 9.47 Å². The first-order chi connectivity index (χ1) is 11.0. The van der Waals surface area contributed by atoms with Crippen LogP contribution in [0.4, 0.5) is 0 Å². The third-order valence-corrected chi connectivity index (χ3v) is 5.96. The lowest BCUT2D eigenvalue weighted by molar-refractivity contribution is -0.113. The third-order valence-electron chi connectivity index (χ3n) is 5.96. The van der Waals surface area contributed by atoms with Crippen LogP contribution in [0.2, 0.25) is 0 Å². The fourth-order valence-corrected chi connectivity index (χ4v) is 4.08. The molecule has 2 aliphatic heterocycles. The molecule has 0 aromatic carbocycles. The predicted molar refractivity (Wildman–Crippen MR) is 108 cm³/mol. The smallest absolute Gasteiger partial charge is 0.191 e. The molecule has 1 aliphatic carbocycles. The van der Waals surface area contributed by atoms with Crippen LogP contribution in [0.15, 0.2) is 4.99 Å². The highest BCUT2D eigenvalue weighted by atomic mass is 127. The minimum Gasteiger partial charge on any atom is -0.378 e. The van der Waals surface area contributed by atoms with E-state index in [4.69, 9.17) is 9.47 Å². The maximum atomic E-state index is 6.03. The van der Waals surface area contributed by atoms with Crippen LogP contribution in [-0.4, -0.2) is 50.0 Å². The molecule has 5 unspecified atom stereocenters. The van der Waals surface area contributed by atoms with E-state index in [9.17, 15) is 0 Å². The summed E-state index contributed by atoms with van der Waals surface area (Å²) in [4.78, 5) is 4.42. The van der Waals surface area contributed by atoms with E-state index in [1.165, 1.54) is 19.3 Å². The summed E-state index contributed by atoms with van der Waals surface area (Å²) in [7, 11) is 1.85. The number of guanidine groups is 1. The number of halogens is 1. The van der Waals surface area contributed by atoms with Gasteiger partial charge in [-0.2, -0.15) is 0 Å². The van der Waals surface area contributed by atoms with Crippen molar-refractivity contribution in [1.82, 2.24) is 10.6 Å². The molecule has 2 saturated heterocycles. The van der Waals surface area contributed by atoms with E-state index in [0.29, 0.717) is 30.4 Å². The molecule has 24 heavy (non-hydrogen) atoms. The molecule has 5 nitrogen and oxygen atoms in total. The number of nitrogens with one attached hydrogen (secondary N) is 2. The van der Waals surface area contributed by atoms with Crippen molar-refractivity contribution in [2.75, 3.05) is 13.7 Å². The molecule has 0 spiro atoms. The van der Waals surface area contributed by atoms with Gasteiger partial charge in [-0.15, -0.1) is 24.0 Å². The fourth-order valence-electron chi connectivity index (χ4n) is 4.08. The molecule has 3 rings (SSSR count). The van der Waals surface area contributed by atoms with Crippen molar-refractivity contribution >= 4 is 29.9 Å². The van der Waals surface area contributed by atoms with Crippen molar-refractivity contribution in [1.29, 1.82) is 0 Å². The number of rotatable bonds is 6. The maximum Gasteiger partial charge on any atom is 0.191 e. The minimum atomic E-state index is 0. The number of ether oxygens (including phenoxy) is 2. The van der Waals surface area contributed by atoms with Crippen LogP contribution in [0.25, 0.3) is 0 Å². The Morgan fingerprint density at radius 3 is 2.58 bits per heavy atom. The molecule has 3 fully saturated rings. The first kappa shape index (κ1) is 20.2. The average Bonchev–Trinajstić information content (AvgIpc) is 3.14. The molecule has 140 valence electrons. The lowest BCUT2D eigenvalue weighted by atomic mass is 9.64. The number of aliphatic imine (C=N–C) groups is 1. The van der Waals surface area contributed by atoms with Gasteiger partial charge in [0, 0.05) is 25.1 Å². The number of hydrogen-bond acceptors (Lipinski definition) is 3. The normalized spacial score (nSPS) is 36.8. The molecule has 5 atom stereocenters. The molecular formula is C18H34IN3O2. The van der Waals surface area contributed by atoms with Gasteiger partial charge >= 0.3 is 0 Å². The maximum absolute atomic E-state index is 6.03. The van der Waals surface area contributed by atoms with Crippen molar-refractivity contribution in [3.8, 4) is 0 Å².